The minimum atomic E-state index is -0.786. The number of pyridine rings is 1. The first-order chi connectivity index (χ1) is 9.90. The predicted octanol–water partition coefficient (Wildman–Crippen LogP) is 2.53. The molecule has 0 aliphatic rings. The Balaban J connectivity index is 2.38. The van der Waals surface area contributed by atoms with Gasteiger partial charge in [-0.1, -0.05) is 11.6 Å². The first kappa shape index (κ1) is 14.9. The van der Waals surface area contributed by atoms with E-state index in [1.165, 1.54) is 31.5 Å². The van der Waals surface area contributed by atoms with Crippen molar-refractivity contribution >= 4 is 29.1 Å². The monoisotopic (exact) mass is 307 g/mol. The lowest BCUT2D eigenvalue weighted by molar-refractivity contribution is 0.0995. The molecule has 3 N–H and O–H groups in total. The Hall–Kier alpha value is -2.47. The lowest BCUT2D eigenvalue weighted by Gasteiger charge is -2.11. The second-order valence-corrected chi connectivity index (χ2v) is 4.71. The summed E-state index contributed by atoms with van der Waals surface area (Å²) in [6, 6.07) is 3.77. The Kier molecular flexibility index (Phi) is 4.18. The average molecular weight is 308 g/mol. The Morgan fingerprint density at radius 3 is 2.71 bits per heavy atom. The summed E-state index contributed by atoms with van der Waals surface area (Å²) in [4.78, 5) is 27.0. The van der Waals surface area contributed by atoms with E-state index in [2.05, 4.69) is 10.3 Å². The van der Waals surface area contributed by atoms with Crippen LogP contribution in [-0.2, 0) is 0 Å². The minimum Gasteiger partial charge on any atom is -0.366 e. The molecular weight excluding hydrogens is 297 g/mol. The predicted molar refractivity (Wildman–Crippen MR) is 76.9 cm³/mol. The largest absolute Gasteiger partial charge is 0.366 e. The molecule has 0 radical (unpaired) electrons. The van der Waals surface area contributed by atoms with Gasteiger partial charge in [-0.3, -0.25) is 14.6 Å². The van der Waals surface area contributed by atoms with Crippen LogP contribution in [0.25, 0.3) is 0 Å². The molecule has 1 heterocycles. The van der Waals surface area contributed by atoms with Crippen LogP contribution in [0.4, 0.5) is 10.1 Å². The van der Waals surface area contributed by atoms with Gasteiger partial charge in [0.15, 0.2) is 0 Å². The maximum absolute atomic E-state index is 13.7. The van der Waals surface area contributed by atoms with E-state index in [9.17, 15) is 14.0 Å². The zero-order chi connectivity index (χ0) is 15.6. The van der Waals surface area contributed by atoms with Crippen LogP contribution in [0.1, 0.15) is 26.3 Å². The molecule has 21 heavy (non-hydrogen) atoms. The van der Waals surface area contributed by atoms with Crippen molar-refractivity contribution in [3.05, 3.63) is 58.1 Å². The van der Waals surface area contributed by atoms with E-state index >= 15 is 0 Å². The number of amides is 2. The summed E-state index contributed by atoms with van der Waals surface area (Å²) < 4.78 is 13.7. The fourth-order valence-electron chi connectivity index (χ4n) is 1.70. The second kappa shape index (κ2) is 5.88. The Morgan fingerprint density at radius 2 is 2.10 bits per heavy atom. The van der Waals surface area contributed by atoms with Crippen molar-refractivity contribution in [2.75, 3.05) is 5.32 Å². The van der Waals surface area contributed by atoms with Crippen molar-refractivity contribution in [2.24, 2.45) is 5.73 Å². The third-order valence-corrected chi connectivity index (χ3v) is 3.20. The molecular formula is C14H11ClFN3O2. The third kappa shape index (κ3) is 3.17. The van der Waals surface area contributed by atoms with Crippen molar-refractivity contribution in [1.29, 1.82) is 0 Å². The van der Waals surface area contributed by atoms with E-state index in [0.29, 0.717) is 0 Å². The highest BCUT2D eigenvalue weighted by Gasteiger charge is 2.15. The van der Waals surface area contributed by atoms with E-state index in [1.807, 2.05) is 0 Å². The number of carbonyl (C=O) groups excluding carboxylic acids is 2. The van der Waals surface area contributed by atoms with Gasteiger partial charge in [0, 0.05) is 29.2 Å². The van der Waals surface area contributed by atoms with E-state index in [4.69, 9.17) is 17.3 Å². The molecule has 5 nitrogen and oxygen atoms in total. The summed E-state index contributed by atoms with van der Waals surface area (Å²) in [5, 5.41) is 2.67. The number of nitrogens with two attached hydrogens (primary N) is 1. The number of halogens is 2. The van der Waals surface area contributed by atoms with Crippen LogP contribution in [0.5, 0.6) is 0 Å². The normalized spacial score (nSPS) is 10.2. The van der Waals surface area contributed by atoms with Crippen LogP contribution in [0, 0.1) is 12.7 Å². The second-order valence-electron chi connectivity index (χ2n) is 4.30. The van der Waals surface area contributed by atoms with Gasteiger partial charge < -0.3 is 11.1 Å². The van der Waals surface area contributed by atoms with Gasteiger partial charge in [-0.05, 0) is 25.1 Å². The molecule has 0 aliphatic carbocycles. The van der Waals surface area contributed by atoms with Gasteiger partial charge in [0.05, 0.1) is 10.6 Å². The van der Waals surface area contributed by atoms with Crippen LogP contribution >= 0.6 is 11.6 Å². The summed E-state index contributed by atoms with van der Waals surface area (Å²) in [7, 11) is 0. The Morgan fingerprint density at radius 1 is 1.38 bits per heavy atom. The molecule has 7 heteroatoms. The zero-order valence-electron chi connectivity index (χ0n) is 11.0. The number of hydrogen-bond donors (Lipinski definition) is 2. The van der Waals surface area contributed by atoms with Crippen LogP contribution < -0.4 is 11.1 Å². The number of nitrogens with zero attached hydrogens (tertiary/aromatic N) is 1. The molecule has 2 amide bonds. The van der Waals surface area contributed by atoms with E-state index in [-0.39, 0.29) is 27.4 Å². The highest BCUT2D eigenvalue weighted by Crippen LogP contribution is 2.22. The minimum absolute atomic E-state index is 0.0331. The van der Waals surface area contributed by atoms with Crippen molar-refractivity contribution in [1.82, 2.24) is 4.98 Å². The first-order valence-corrected chi connectivity index (χ1v) is 6.28. The molecule has 0 saturated carbocycles. The molecule has 0 spiro atoms. The highest BCUT2D eigenvalue weighted by atomic mass is 35.5. The maximum Gasteiger partial charge on any atom is 0.257 e. The van der Waals surface area contributed by atoms with Crippen molar-refractivity contribution < 1.29 is 14.0 Å². The number of hydrogen-bond acceptors (Lipinski definition) is 3. The summed E-state index contributed by atoms with van der Waals surface area (Å²) in [6.07, 6.45) is 2.73. The third-order valence-electron chi connectivity index (χ3n) is 2.89. The van der Waals surface area contributed by atoms with E-state index in [0.717, 1.165) is 6.07 Å². The van der Waals surface area contributed by atoms with Gasteiger partial charge in [-0.2, -0.15) is 0 Å². The average Bonchev–Trinajstić information content (AvgIpc) is 2.43. The van der Waals surface area contributed by atoms with Crippen molar-refractivity contribution in [3.63, 3.8) is 0 Å². The van der Waals surface area contributed by atoms with E-state index < -0.39 is 17.6 Å². The smallest absolute Gasteiger partial charge is 0.257 e. The van der Waals surface area contributed by atoms with Gasteiger partial charge >= 0.3 is 0 Å². The summed E-state index contributed by atoms with van der Waals surface area (Å²) in [5.41, 5.74) is 5.62. The first-order valence-electron chi connectivity index (χ1n) is 5.91. The van der Waals surface area contributed by atoms with Gasteiger partial charge in [0.1, 0.15) is 5.82 Å². The summed E-state index contributed by atoms with van der Waals surface area (Å²) in [6.45, 7) is 1.48. The molecule has 0 bridgehead atoms. The molecule has 108 valence electrons. The number of primary amides is 1. The van der Waals surface area contributed by atoms with Crippen LogP contribution in [0.15, 0.2) is 30.6 Å². The highest BCUT2D eigenvalue weighted by molar-refractivity contribution is 6.34. The maximum atomic E-state index is 13.7. The Labute approximate surface area is 124 Å². The lowest BCUT2D eigenvalue weighted by atomic mass is 10.1. The number of rotatable bonds is 3. The molecule has 2 rings (SSSR count). The van der Waals surface area contributed by atoms with Crippen LogP contribution in [0.2, 0.25) is 5.02 Å². The quantitative estimate of drug-likeness (QED) is 0.913. The van der Waals surface area contributed by atoms with E-state index in [1.54, 1.807) is 0 Å². The number of nitrogens with one attached hydrogen (secondary N) is 1. The molecule has 1 aromatic carbocycles. The summed E-state index contributed by atoms with van der Waals surface area (Å²) >= 11 is 5.87. The summed E-state index contributed by atoms with van der Waals surface area (Å²) in [5.74, 6) is -1.96. The standard InChI is InChI=1S/C14H11ClFN3O2/c1-7-11(16)4-8(13(17)20)5-12(7)19-14(21)9-2-3-18-6-10(9)15/h2-6H,1H3,(H2,17,20)(H,19,21). The molecule has 0 unspecified atom stereocenters. The Bertz CT molecular complexity index is 734. The van der Waals surface area contributed by atoms with Gasteiger partial charge in [-0.25, -0.2) is 4.39 Å². The molecule has 0 aliphatic heterocycles. The number of aromatic nitrogens is 1. The lowest BCUT2D eigenvalue weighted by Crippen LogP contribution is -2.16. The van der Waals surface area contributed by atoms with Crippen molar-refractivity contribution in [3.8, 4) is 0 Å². The van der Waals surface area contributed by atoms with Gasteiger partial charge in [-0.15, -0.1) is 0 Å². The number of anilines is 1. The van der Waals surface area contributed by atoms with Gasteiger partial charge in [0.2, 0.25) is 5.91 Å². The number of benzene rings is 1. The SMILES string of the molecule is Cc1c(F)cc(C(N)=O)cc1NC(=O)c1ccncc1Cl. The molecule has 2 aromatic rings. The molecule has 0 atom stereocenters. The fraction of sp³-hybridized carbons (Fsp3) is 0.0714. The van der Waals surface area contributed by atoms with Crippen molar-refractivity contribution in [2.45, 2.75) is 6.92 Å². The van der Waals surface area contributed by atoms with Crippen LogP contribution in [-0.4, -0.2) is 16.8 Å². The molecule has 0 fully saturated rings. The van der Waals surface area contributed by atoms with Gasteiger partial charge in [0.25, 0.3) is 5.91 Å². The number of carbonyl (C=O) groups is 2. The topological polar surface area (TPSA) is 85.1 Å². The molecule has 1 aromatic heterocycles. The molecule has 0 saturated heterocycles. The zero-order valence-corrected chi connectivity index (χ0v) is 11.7. The van der Waals surface area contributed by atoms with Crippen LogP contribution in [0.3, 0.4) is 0 Å². The fourth-order valence-corrected chi connectivity index (χ4v) is 1.91.